The third-order valence-electron chi connectivity index (χ3n) is 16.5. The zero-order chi connectivity index (χ0) is 49.8. The first kappa shape index (κ1) is 54.1. The quantitative estimate of drug-likeness (QED) is 0.0313. The van der Waals surface area contributed by atoms with Crippen molar-refractivity contribution in [3.63, 3.8) is 0 Å². The summed E-state index contributed by atoms with van der Waals surface area (Å²) < 4.78 is 22.6. The number of alkyl carbamates (subject to hydrolysis) is 3. The fourth-order valence-electron chi connectivity index (χ4n) is 12.1. The van der Waals surface area contributed by atoms with Crippen LogP contribution in [-0.2, 0) is 33.3 Å². The van der Waals surface area contributed by atoms with E-state index in [4.69, 9.17) is 18.9 Å². The van der Waals surface area contributed by atoms with Crippen LogP contribution in [0.5, 0.6) is 0 Å². The molecule has 3 atom stereocenters. The summed E-state index contributed by atoms with van der Waals surface area (Å²) in [5.41, 5.74) is 0. The van der Waals surface area contributed by atoms with E-state index < -0.39 is 54.2 Å². The number of aliphatic imine (C=N–C) groups is 1. The Balaban J connectivity index is 0.947. The molecule has 0 aromatic rings. The number of ether oxygens (including phenoxy) is 4. The van der Waals surface area contributed by atoms with Gasteiger partial charge in [-0.2, -0.15) is 0 Å². The number of hydrogen-bond acceptors (Lipinski definition) is 12. The average molecular weight is 996 g/mol. The summed E-state index contributed by atoms with van der Waals surface area (Å²) in [4.78, 5) is 104. The van der Waals surface area contributed by atoms with E-state index in [0.29, 0.717) is 24.9 Å². The molecular weight excluding hydrogens is 911 g/mol. The number of β-lactam (4-membered cyclic amide) rings is 1. The molecule has 398 valence electrons. The monoisotopic (exact) mass is 996 g/mol. The maximum absolute atomic E-state index is 14.2. The molecule has 2 saturated heterocycles. The van der Waals surface area contributed by atoms with Crippen LogP contribution in [0.25, 0.3) is 0 Å². The van der Waals surface area contributed by atoms with Crippen LogP contribution in [0.3, 0.4) is 0 Å². The third-order valence-corrected chi connectivity index (χ3v) is 16.5. The summed E-state index contributed by atoms with van der Waals surface area (Å²) in [6, 6.07) is -2.48. The number of piperazine rings is 1. The smallest absolute Gasteiger partial charge is 0.413 e. The second kappa shape index (κ2) is 28.6. The molecule has 5 saturated carbocycles. The van der Waals surface area contributed by atoms with E-state index in [9.17, 15) is 33.6 Å². The van der Waals surface area contributed by atoms with Gasteiger partial charge in [0.2, 0.25) is 17.8 Å². The lowest BCUT2D eigenvalue weighted by Gasteiger charge is -2.47. The highest BCUT2D eigenvalue weighted by atomic mass is 16.6. The molecule has 7 fully saturated rings. The highest BCUT2D eigenvalue weighted by Gasteiger charge is 2.56. The molecule has 0 aromatic heterocycles. The third kappa shape index (κ3) is 17.0. The standard InChI is InChI=1S/C53H85N7O11/c61-46-43(27-16-28-54-49(56-51(65)70-36-41-23-12-4-13-24-41)57-52(66)71-37-42-25-14-5-15-26-42)45(48(63)68-34-39-19-8-2-9-20-39)60(46)53(67)59-31-29-58(30-32-59)47(62)44(33-38-17-6-1-7-18-38)55-50(64)69-35-40-21-10-3-11-22-40/h38-45H,1-37H2,(H,55,64)(H2,54,56,57,65,66)/t43-,44?,45?/m1/s1. The van der Waals surface area contributed by atoms with Gasteiger partial charge in [-0.25, -0.2) is 28.9 Å². The van der Waals surface area contributed by atoms with Crippen LogP contribution in [0.2, 0.25) is 0 Å². The van der Waals surface area contributed by atoms with Crippen LogP contribution >= 0.6 is 0 Å². The number of carbonyl (C=O) groups excluding carboxylic acids is 7. The first-order valence-electron chi connectivity index (χ1n) is 28.0. The van der Waals surface area contributed by atoms with Gasteiger partial charge >= 0.3 is 30.3 Å². The molecule has 2 unspecified atom stereocenters. The first-order valence-corrected chi connectivity index (χ1v) is 28.0. The lowest BCUT2D eigenvalue weighted by molar-refractivity contribution is -0.171. The van der Waals surface area contributed by atoms with Gasteiger partial charge < -0.3 is 34.1 Å². The fraction of sp³-hybridized carbons (Fsp3) is 0.849. The van der Waals surface area contributed by atoms with Gasteiger partial charge in [-0.05, 0) is 100 Å². The molecule has 7 rings (SSSR count). The Morgan fingerprint density at radius 1 is 0.521 bits per heavy atom. The maximum atomic E-state index is 14.2. The van der Waals surface area contributed by atoms with E-state index in [2.05, 4.69) is 20.9 Å². The number of hydrogen-bond donors (Lipinski definition) is 3. The normalized spacial score (nSPS) is 23.7. The lowest BCUT2D eigenvalue weighted by atomic mass is 9.83. The predicted octanol–water partition coefficient (Wildman–Crippen LogP) is 8.60. The molecule has 7 aliphatic rings. The Hall–Kier alpha value is -4.64. The summed E-state index contributed by atoms with van der Waals surface area (Å²) >= 11 is 0. The predicted molar refractivity (Wildman–Crippen MR) is 265 cm³/mol. The van der Waals surface area contributed by atoms with Crippen molar-refractivity contribution in [1.82, 2.24) is 30.7 Å². The van der Waals surface area contributed by atoms with Crippen molar-refractivity contribution in [2.24, 2.45) is 40.5 Å². The van der Waals surface area contributed by atoms with Gasteiger partial charge in [0.15, 0.2) is 6.04 Å². The molecule has 71 heavy (non-hydrogen) atoms. The number of amides is 7. The van der Waals surface area contributed by atoms with Crippen molar-refractivity contribution in [2.75, 3.05) is 59.2 Å². The average Bonchev–Trinajstić information content (AvgIpc) is 3.40. The Kier molecular flexibility index (Phi) is 21.8. The molecule has 0 bridgehead atoms. The molecule has 0 radical (unpaired) electrons. The molecule has 2 aliphatic heterocycles. The zero-order valence-electron chi connectivity index (χ0n) is 42.6. The largest absolute Gasteiger partial charge is 0.464 e. The highest BCUT2D eigenvalue weighted by molar-refractivity contribution is 6.08. The van der Waals surface area contributed by atoms with Crippen molar-refractivity contribution in [3.8, 4) is 0 Å². The van der Waals surface area contributed by atoms with E-state index in [1.807, 2.05) is 0 Å². The molecule has 0 spiro atoms. The van der Waals surface area contributed by atoms with Crippen LogP contribution in [0, 0.1) is 35.5 Å². The Bertz CT molecular complexity index is 1740. The summed E-state index contributed by atoms with van der Waals surface area (Å²) in [6.45, 7) is 1.90. The van der Waals surface area contributed by atoms with Gasteiger partial charge in [0.05, 0.1) is 32.3 Å². The number of likely N-dealkylation sites (tertiary alicyclic amines) is 1. The second-order valence-corrected chi connectivity index (χ2v) is 21.9. The number of rotatable bonds is 17. The first-order chi connectivity index (χ1) is 34.6. The van der Waals surface area contributed by atoms with E-state index in [0.717, 1.165) is 140 Å². The minimum absolute atomic E-state index is 0.0769. The fourth-order valence-corrected chi connectivity index (χ4v) is 12.1. The molecule has 7 amide bonds. The van der Waals surface area contributed by atoms with Crippen LogP contribution < -0.4 is 16.0 Å². The van der Waals surface area contributed by atoms with Crippen LogP contribution in [-0.4, -0.2) is 134 Å². The number of urea groups is 1. The molecule has 0 aromatic carbocycles. The maximum Gasteiger partial charge on any atom is 0.413 e. The van der Waals surface area contributed by atoms with Crippen molar-refractivity contribution in [1.29, 1.82) is 0 Å². The van der Waals surface area contributed by atoms with Crippen LogP contribution in [0.15, 0.2) is 4.99 Å². The molecule has 2 heterocycles. The zero-order valence-corrected chi connectivity index (χ0v) is 42.6. The van der Waals surface area contributed by atoms with E-state index in [1.54, 1.807) is 4.90 Å². The van der Waals surface area contributed by atoms with Gasteiger partial charge in [0.1, 0.15) is 6.04 Å². The van der Waals surface area contributed by atoms with E-state index >= 15 is 0 Å². The summed E-state index contributed by atoms with van der Waals surface area (Å²) in [6.07, 6.45) is 25.9. The number of nitrogens with one attached hydrogen (secondary N) is 3. The van der Waals surface area contributed by atoms with E-state index in [-0.39, 0.29) is 95.0 Å². The number of imide groups is 1. The van der Waals surface area contributed by atoms with Crippen LogP contribution in [0.4, 0.5) is 19.2 Å². The molecule has 3 N–H and O–H groups in total. The van der Waals surface area contributed by atoms with Crippen molar-refractivity contribution >= 4 is 48.1 Å². The SMILES string of the molecule is O=C(NC(=NCCC[C@H]1C(=O)N(C(=O)N2CCN(C(=O)C(CC3CCCCC3)NC(=O)OCC3CCCCC3)CC2)C1C(=O)OCC1CCCCC1)NC(=O)OCC1CCCCC1)OCC1CCCCC1. The van der Waals surface area contributed by atoms with Gasteiger partial charge in [0.25, 0.3) is 0 Å². The van der Waals surface area contributed by atoms with Crippen molar-refractivity contribution < 1.29 is 52.5 Å². The van der Waals surface area contributed by atoms with Gasteiger partial charge in [-0.3, -0.25) is 25.2 Å². The molecular formula is C53H85N7O11. The van der Waals surface area contributed by atoms with Crippen molar-refractivity contribution in [2.45, 2.75) is 192 Å². The topological polar surface area (TPSA) is 215 Å². The minimum Gasteiger partial charge on any atom is -0.464 e. The van der Waals surface area contributed by atoms with Gasteiger partial charge in [0, 0.05) is 32.7 Å². The van der Waals surface area contributed by atoms with Crippen LogP contribution in [0.1, 0.15) is 180 Å². The number of guanidine groups is 1. The summed E-state index contributed by atoms with van der Waals surface area (Å²) in [5.74, 6) is -0.819. The minimum atomic E-state index is -1.13. The van der Waals surface area contributed by atoms with Gasteiger partial charge in [-0.1, -0.05) is 109 Å². The molecule has 18 heteroatoms. The Morgan fingerprint density at radius 2 is 0.930 bits per heavy atom. The number of nitrogens with zero attached hydrogens (tertiary/aromatic N) is 4. The second-order valence-electron chi connectivity index (χ2n) is 21.9. The Labute approximate surface area is 421 Å². The number of carbonyl (C=O) groups is 7. The summed E-state index contributed by atoms with van der Waals surface area (Å²) in [5, 5.41) is 8.06. The Morgan fingerprint density at radius 3 is 1.39 bits per heavy atom. The molecule has 5 aliphatic carbocycles. The number of esters is 1. The van der Waals surface area contributed by atoms with Crippen molar-refractivity contribution in [3.05, 3.63) is 0 Å². The lowest BCUT2D eigenvalue weighted by Crippen LogP contribution is -2.70. The molecule has 18 nitrogen and oxygen atoms in total. The van der Waals surface area contributed by atoms with E-state index in [1.165, 1.54) is 30.6 Å². The van der Waals surface area contributed by atoms with Gasteiger partial charge in [-0.15, -0.1) is 0 Å². The summed E-state index contributed by atoms with van der Waals surface area (Å²) in [7, 11) is 0. The highest BCUT2D eigenvalue weighted by Crippen LogP contribution is 2.35.